The topological polar surface area (TPSA) is 41.9 Å². The highest BCUT2D eigenvalue weighted by molar-refractivity contribution is 8.13. The Bertz CT molecular complexity index is 291. The summed E-state index contributed by atoms with van der Waals surface area (Å²) >= 11 is 1.40. The van der Waals surface area contributed by atoms with Crippen molar-refractivity contribution in [1.82, 2.24) is 4.90 Å². The zero-order valence-electron chi connectivity index (χ0n) is 10.8. The molecule has 0 aromatic carbocycles. The van der Waals surface area contributed by atoms with Gasteiger partial charge in [-0.05, 0) is 33.1 Å². The number of nitrogens with zero attached hydrogens (tertiary/aromatic N) is 2. The van der Waals surface area contributed by atoms with Gasteiger partial charge in [0.15, 0.2) is 0 Å². The van der Waals surface area contributed by atoms with Gasteiger partial charge in [-0.3, -0.25) is 0 Å². The van der Waals surface area contributed by atoms with Crippen LogP contribution in [0.3, 0.4) is 0 Å². The number of carbonyl (C=O) groups excluding carboxylic acids is 1. The predicted octanol–water partition coefficient (Wildman–Crippen LogP) is 2.76. The van der Waals surface area contributed by atoms with Gasteiger partial charge in [0.2, 0.25) is 0 Å². The molecule has 0 saturated carbocycles. The molecule has 0 aromatic rings. The lowest BCUT2D eigenvalue weighted by Crippen LogP contribution is -2.22. The zero-order valence-corrected chi connectivity index (χ0v) is 11.6. The number of amides is 1. The molecule has 1 amide bonds. The molecule has 0 fully saturated rings. The minimum Gasteiger partial charge on any atom is -0.442 e. The molecule has 0 N–H and O–H groups in total. The summed E-state index contributed by atoms with van der Waals surface area (Å²) in [7, 11) is 3.81. The number of thioether (sulfide) groups is 1. The van der Waals surface area contributed by atoms with Crippen LogP contribution in [0.1, 0.15) is 20.8 Å². The van der Waals surface area contributed by atoms with Gasteiger partial charge in [0.1, 0.15) is 10.6 Å². The zero-order chi connectivity index (χ0) is 12.8. The van der Waals surface area contributed by atoms with Crippen molar-refractivity contribution in [3.8, 4) is 0 Å². The van der Waals surface area contributed by atoms with E-state index < -0.39 is 11.7 Å². The third-order valence-corrected chi connectivity index (χ3v) is 1.97. The molecule has 0 saturated heterocycles. The van der Waals surface area contributed by atoms with Crippen molar-refractivity contribution in [1.29, 1.82) is 0 Å². The van der Waals surface area contributed by atoms with Crippen LogP contribution >= 0.6 is 11.8 Å². The first kappa shape index (κ1) is 15.0. The van der Waals surface area contributed by atoms with Gasteiger partial charge >= 0.3 is 6.09 Å². The van der Waals surface area contributed by atoms with E-state index in [1.54, 1.807) is 6.08 Å². The summed E-state index contributed by atoms with van der Waals surface area (Å²) in [6.45, 7) is 5.44. The lowest BCUT2D eigenvalue weighted by molar-refractivity contribution is 0.0605. The van der Waals surface area contributed by atoms with Gasteiger partial charge in [-0.15, -0.1) is 11.8 Å². The van der Waals surface area contributed by atoms with Crippen molar-refractivity contribution in [2.45, 2.75) is 26.4 Å². The van der Waals surface area contributed by atoms with Gasteiger partial charge in [0, 0.05) is 20.3 Å². The Morgan fingerprint density at radius 1 is 1.38 bits per heavy atom. The molecule has 4 nitrogen and oxygen atoms in total. The molecule has 16 heavy (non-hydrogen) atoms. The van der Waals surface area contributed by atoms with Gasteiger partial charge < -0.3 is 9.64 Å². The SMILES string of the molecule is CSC(/C=C/N(C)C)=N\C(=O)OC(C)(C)C. The van der Waals surface area contributed by atoms with E-state index in [1.807, 2.05) is 52.2 Å². The normalized spacial score (nSPS) is 13.0. The minimum absolute atomic E-state index is 0.505. The molecular formula is C11H20N2O2S. The van der Waals surface area contributed by atoms with Crippen LogP contribution < -0.4 is 0 Å². The van der Waals surface area contributed by atoms with Crippen LogP contribution in [0, 0.1) is 0 Å². The lowest BCUT2D eigenvalue weighted by atomic mass is 10.2. The Morgan fingerprint density at radius 3 is 2.31 bits per heavy atom. The molecule has 0 spiro atoms. The van der Waals surface area contributed by atoms with E-state index in [1.165, 1.54) is 11.8 Å². The third-order valence-electron chi connectivity index (χ3n) is 1.32. The summed E-state index contributed by atoms with van der Waals surface area (Å²) in [5, 5.41) is 0.628. The van der Waals surface area contributed by atoms with E-state index in [9.17, 15) is 4.79 Å². The molecule has 0 radical (unpaired) electrons. The molecule has 5 heteroatoms. The highest BCUT2D eigenvalue weighted by Crippen LogP contribution is 2.10. The van der Waals surface area contributed by atoms with E-state index in [0.717, 1.165) is 0 Å². The number of rotatable bonds is 2. The Labute approximate surface area is 102 Å². The predicted molar refractivity (Wildman–Crippen MR) is 70.0 cm³/mol. The highest BCUT2D eigenvalue weighted by atomic mass is 32.2. The maximum atomic E-state index is 11.4. The van der Waals surface area contributed by atoms with Crippen LogP contribution in [0.2, 0.25) is 0 Å². The second kappa shape index (κ2) is 6.58. The molecule has 0 aliphatic rings. The van der Waals surface area contributed by atoms with Gasteiger partial charge in [-0.25, -0.2) is 4.79 Å². The van der Waals surface area contributed by atoms with Crippen molar-refractivity contribution in [3.05, 3.63) is 12.3 Å². The fraction of sp³-hybridized carbons (Fsp3) is 0.636. The monoisotopic (exact) mass is 244 g/mol. The summed E-state index contributed by atoms with van der Waals surface area (Å²) in [6.07, 6.45) is 4.91. The molecule has 0 aliphatic heterocycles. The van der Waals surface area contributed by atoms with Crippen LogP contribution in [0.4, 0.5) is 4.79 Å². The summed E-state index contributed by atoms with van der Waals surface area (Å²) < 4.78 is 5.09. The van der Waals surface area contributed by atoms with E-state index in [4.69, 9.17) is 4.74 Å². The van der Waals surface area contributed by atoms with Crippen LogP contribution in [0.25, 0.3) is 0 Å². The van der Waals surface area contributed by atoms with Gasteiger partial charge in [-0.1, -0.05) is 0 Å². The lowest BCUT2D eigenvalue weighted by Gasteiger charge is -2.17. The van der Waals surface area contributed by atoms with Crippen LogP contribution in [0.5, 0.6) is 0 Å². The number of ether oxygens (including phenoxy) is 1. The first-order chi connectivity index (χ1) is 7.24. The standard InChI is InChI=1S/C11H20N2O2S/c1-11(2,3)15-10(14)12-9(16-6)7-8-13(4)5/h7-8H,1-6H3/b8-7+,12-9-. The molecule has 0 bridgehead atoms. The van der Waals surface area contributed by atoms with Crippen molar-refractivity contribution < 1.29 is 9.53 Å². The molecule has 0 heterocycles. The van der Waals surface area contributed by atoms with E-state index >= 15 is 0 Å². The van der Waals surface area contributed by atoms with Gasteiger partial charge in [0.25, 0.3) is 0 Å². The Hall–Kier alpha value is -0.970. The summed E-state index contributed by atoms with van der Waals surface area (Å²) in [5.74, 6) is 0. The summed E-state index contributed by atoms with van der Waals surface area (Å²) in [5.41, 5.74) is -0.505. The Balaban J connectivity index is 4.52. The first-order valence-electron chi connectivity index (χ1n) is 4.95. The maximum Gasteiger partial charge on any atom is 0.435 e. The molecule has 92 valence electrons. The molecule has 0 atom stereocenters. The number of aliphatic imine (C=N–C) groups is 1. The number of hydrogen-bond donors (Lipinski definition) is 0. The first-order valence-corrected chi connectivity index (χ1v) is 6.17. The molecule has 0 unspecified atom stereocenters. The second-order valence-corrected chi connectivity index (χ2v) is 5.24. The summed E-state index contributed by atoms with van der Waals surface area (Å²) in [4.78, 5) is 17.1. The number of carbonyl (C=O) groups is 1. The third kappa shape index (κ3) is 8.35. The largest absolute Gasteiger partial charge is 0.442 e. The van der Waals surface area contributed by atoms with Gasteiger partial charge in [0.05, 0.1) is 0 Å². The fourth-order valence-electron chi connectivity index (χ4n) is 0.739. The van der Waals surface area contributed by atoms with E-state index in [2.05, 4.69) is 4.99 Å². The second-order valence-electron chi connectivity index (χ2n) is 4.41. The molecule has 0 rings (SSSR count). The Kier molecular flexibility index (Phi) is 6.18. The smallest absolute Gasteiger partial charge is 0.435 e. The van der Waals surface area contributed by atoms with Crippen molar-refractivity contribution in [2.75, 3.05) is 20.4 Å². The van der Waals surface area contributed by atoms with Crippen LogP contribution in [0.15, 0.2) is 17.3 Å². The molecule has 0 aromatic heterocycles. The van der Waals surface area contributed by atoms with Crippen LogP contribution in [-0.2, 0) is 4.74 Å². The molecular weight excluding hydrogens is 224 g/mol. The quantitative estimate of drug-likeness (QED) is 0.553. The van der Waals surface area contributed by atoms with Gasteiger partial charge in [-0.2, -0.15) is 4.99 Å². The van der Waals surface area contributed by atoms with Crippen molar-refractivity contribution in [3.63, 3.8) is 0 Å². The van der Waals surface area contributed by atoms with E-state index in [0.29, 0.717) is 5.04 Å². The minimum atomic E-state index is -0.555. The molecule has 0 aliphatic carbocycles. The average Bonchev–Trinajstić information content (AvgIpc) is 2.08. The average molecular weight is 244 g/mol. The Morgan fingerprint density at radius 2 is 1.94 bits per heavy atom. The summed E-state index contributed by atoms with van der Waals surface area (Å²) in [6, 6.07) is 0. The maximum absolute atomic E-state index is 11.4. The fourth-order valence-corrected chi connectivity index (χ4v) is 1.10. The van der Waals surface area contributed by atoms with Crippen molar-refractivity contribution >= 4 is 22.9 Å². The number of hydrogen-bond acceptors (Lipinski definition) is 4. The van der Waals surface area contributed by atoms with Crippen molar-refractivity contribution in [2.24, 2.45) is 4.99 Å². The van der Waals surface area contributed by atoms with E-state index in [-0.39, 0.29) is 0 Å². The van der Waals surface area contributed by atoms with Crippen LogP contribution in [-0.4, -0.2) is 42.0 Å². The highest BCUT2D eigenvalue weighted by Gasteiger charge is 2.15.